The minimum Gasteiger partial charge on any atom is -0.496 e. The Balaban J connectivity index is 1.72. The average molecular weight is 444 g/mol. The van der Waals surface area contributed by atoms with E-state index >= 15 is 0 Å². The lowest BCUT2D eigenvalue weighted by molar-refractivity contribution is -0.128. The molecule has 1 heterocycles. The number of hydrogen-bond donors (Lipinski definition) is 0. The van der Waals surface area contributed by atoms with Crippen molar-refractivity contribution in [1.29, 1.82) is 10.5 Å². The van der Waals surface area contributed by atoms with Gasteiger partial charge in [-0.2, -0.15) is 10.5 Å². The number of ether oxygens (including phenoxy) is 2. The Hall–Kier alpha value is -3.77. The van der Waals surface area contributed by atoms with Crippen LogP contribution in [0.2, 0.25) is 0 Å². The number of rotatable bonds is 5. The van der Waals surface area contributed by atoms with Crippen molar-refractivity contribution in [3.05, 3.63) is 59.7 Å². The smallest absolute Gasteiger partial charge is 0.264 e. The summed E-state index contributed by atoms with van der Waals surface area (Å²) in [6.07, 6.45) is 2.96. The zero-order valence-electron chi connectivity index (χ0n) is 19.6. The van der Waals surface area contributed by atoms with Gasteiger partial charge in [0.15, 0.2) is 0 Å². The molecule has 1 aliphatic heterocycles. The molecule has 1 amide bonds. The molecule has 0 radical (unpaired) electrons. The number of nitriles is 2. The Labute approximate surface area is 195 Å². The molecule has 0 spiro atoms. The predicted molar refractivity (Wildman–Crippen MR) is 127 cm³/mol. The fraction of sp³-hybridized carbons (Fsp3) is 0.370. The molecule has 1 saturated heterocycles. The number of carbonyl (C=O) groups excluding carboxylic acids is 1. The number of piperidine rings is 1. The lowest BCUT2D eigenvalue weighted by Crippen LogP contribution is -2.42. The molecule has 0 saturated carbocycles. The van der Waals surface area contributed by atoms with Gasteiger partial charge in [-0.15, -0.1) is 0 Å². The molecule has 6 heteroatoms. The molecule has 0 aliphatic carbocycles. The molecule has 0 aromatic heterocycles. The highest BCUT2D eigenvalue weighted by atomic mass is 16.5. The molecular weight excluding hydrogens is 414 g/mol. The molecule has 0 atom stereocenters. The molecule has 2 aromatic carbocycles. The maximum Gasteiger partial charge on any atom is 0.264 e. The van der Waals surface area contributed by atoms with Gasteiger partial charge < -0.3 is 14.4 Å². The highest BCUT2D eigenvalue weighted by molar-refractivity contribution is 5.97. The van der Waals surface area contributed by atoms with Crippen molar-refractivity contribution in [2.75, 3.05) is 20.2 Å². The van der Waals surface area contributed by atoms with Crippen LogP contribution >= 0.6 is 0 Å². The fourth-order valence-corrected chi connectivity index (χ4v) is 3.88. The van der Waals surface area contributed by atoms with E-state index in [9.17, 15) is 15.3 Å². The first-order chi connectivity index (χ1) is 15.7. The first-order valence-electron chi connectivity index (χ1n) is 11.0. The summed E-state index contributed by atoms with van der Waals surface area (Å²) in [5, 5.41) is 18.9. The van der Waals surface area contributed by atoms with Crippen LogP contribution < -0.4 is 9.47 Å². The molecule has 170 valence electrons. The zero-order valence-corrected chi connectivity index (χ0v) is 19.6. The first kappa shape index (κ1) is 23.9. The van der Waals surface area contributed by atoms with Gasteiger partial charge in [0.1, 0.15) is 29.2 Å². The minimum atomic E-state index is -0.243. The van der Waals surface area contributed by atoms with Crippen LogP contribution in [0.15, 0.2) is 54.1 Å². The van der Waals surface area contributed by atoms with E-state index in [-0.39, 0.29) is 23.0 Å². The summed E-state index contributed by atoms with van der Waals surface area (Å²) in [6.45, 7) is 6.93. The second-order valence-electron chi connectivity index (χ2n) is 9.20. The van der Waals surface area contributed by atoms with Crippen LogP contribution in [0.1, 0.15) is 39.2 Å². The third-order valence-electron chi connectivity index (χ3n) is 5.41. The molecule has 0 N–H and O–H groups in total. The Bertz CT molecular complexity index is 1120. The summed E-state index contributed by atoms with van der Waals surface area (Å²) < 4.78 is 11.7. The number of hydrogen-bond acceptors (Lipinski definition) is 5. The first-order valence-corrected chi connectivity index (χ1v) is 11.0. The van der Waals surface area contributed by atoms with Gasteiger partial charge in [0.05, 0.1) is 18.7 Å². The number of nitrogens with zero attached hydrogens (tertiary/aromatic N) is 3. The number of carbonyl (C=O) groups is 1. The molecule has 3 rings (SSSR count). The van der Waals surface area contributed by atoms with Crippen molar-refractivity contribution >= 4 is 5.91 Å². The van der Waals surface area contributed by atoms with Gasteiger partial charge in [-0.3, -0.25) is 4.79 Å². The summed E-state index contributed by atoms with van der Waals surface area (Å²) in [7, 11) is 1.62. The highest BCUT2D eigenvalue weighted by Gasteiger charge is 2.27. The zero-order chi connectivity index (χ0) is 24.0. The van der Waals surface area contributed by atoms with E-state index in [1.807, 2.05) is 63.2 Å². The van der Waals surface area contributed by atoms with E-state index in [0.29, 0.717) is 37.2 Å². The molecule has 0 unspecified atom stereocenters. The Morgan fingerprint density at radius 1 is 1.12 bits per heavy atom. The maximum absolute atomic E-state index is 12.8. The fourth-order valence-electron chi connectivity index (χ4n) is 3.88. The summed E-state index contributed by atoms with van der Waals surface area (Å²) >= 11 is 0. The third-order valence-corrected chi connectivity index (χ3v) is 5.41. The number of amides is 1. The van der Waals surface area contributed by atoms with Crippen LogP contribution in [0, 0.1) is 28.1 Å². The lowest BCUT2D eigenvalue weighted by atomic mass is 9.93. The second-order valence-corrected chi connectivity index (χ2v) is 9.20. The SMILES string of the molecule is COc1ccccc1-c1cc(C#N)cc(OC2CCN(C(=O)/C(C#N)=C/C(C)(C)C)CC2)c1. The molecule has 6 nitrogen and oxygen atoms in total. The molecule has 2 aromatic rings. The quantitative estimate of drug-likeness (QED) is 0.474. The Kier molecular flexibility index (Phi) is 7.41. The summed E-state index contributed by atoms with van der Waals surface area (Å²) in [4.78, 5) is 14.5. The number of methoxy groups -OCH3 is 1. The molecule has 0 bridgehead atoms. The number of allylic oxidation sites excluding steroid dienone is 1. The third kappa shape index (κ3) is 6.14. The number of para-hydroxylation sites is 1. The van der Waals surface area contributed by atoms with Crippen molar-refractivity contribution < 1.29 is 14.3 Å². The van der Waals surface area contributed by atoms with E-state index < -0.39 is 0 Å². The van der Waals surface area contributed by atoms with Crippen LogP contribution in [0.25, 0.3) is 11.1 Å². The molecule has 33 heavy (non-hydrogen) atoms. The minimum absolute atomic E-state index is 0.0781. The van der Waals surface area contributed by atoms with Crippen molar-refractivity contribution in [2.45, 2.75) is 39.7 Å². The van der Waals surface area contributed by atoms with Gasteiger partial charge in [0.2, 0.25) is 0 Å². The normalized spacial score (nSPS) is 14.8. The van der Waals surface area contributed by atoms with E-state index in [4.69, 9.17) is 9.47 Å². The summed E-state index contributed by atoms with van der Waals surface area (Å²) in [6, 6.07) is 17.4. The van der Waals surface area contributed by atoms with E-state index in [0.717, 1.165) is 16.9 Å². The molecule has 1 aliphatic rings. The van der Waals surface area contributed by atoms with E-state index in [1.54, 1.807) is 24.2 Å². The summed E-state index contributed by atoms with van der Waals surface area (Å²) in [5.41, 5.74) is 2.18. The van der Waals surface area contributed by atoms with Gasteiger partial charge in [0, 0.05) is 31.5 Å². The standard InChI is InChI=1S/C27H29N3O3/c1-27(2,3)16-21(18-29)26(31)30-11-9-22(10-12-30)33-23-14-19(17-28)13-20(15-23)24-7-5-6-8-25(24)32-4/h5-8,13-16,22H,9-12H2,1-4H3/b21-16+. The van der Waals surface area contributed by atoms with E-state index in [2.05, 4.69) is 6.07 Å². The van der Waals surface area contributed by atoms with Crippen LogP contribution in [0.4, 0.5) is 0 Å². The highest BCUT2D eigenvalue weighted by Crippen LogP contribution is 2.33. The topological polar surface area (TPSA) is 86.3 Å². The molecule has 1 fully saturated rings. The van der Waals surface area contributed by atoms with Crippen molar-refractivity contribution in [3.8, 4) is 34.8 Å². The Morgan fingerprint density at radius 2 is 1.82 bits per heavy atom. The monoisotopic (exact) mass is 443 g/mol. The molecular formula is C27H29N3O3. The van der Waals surface area contributed by atoms with Crippen molar-refractivity contribution in [3.63, 3.8) is 0 Å². The predicted octanol–water partition coefficient (Wildman–Crippen LogP) is 5.10. The van der Waals surface area contributed by atoms with Gasteiger partial charge in [-0.05, 0) is 35.2 Å². The van der Waals surface area contributed by atoms with Gasteiger partial charge in [-0.25, -0.2) is 0 Å². The van der Waals surface area contributed by atoms with Crippen LogP contribution in [0.3, 0.4) is 0 Å². The van der Waals surface area contributed by atoms with Crippen LogP contribution in [-0.2, 0) is 4.79 Å². The van der Waals surface area contributed by atoms with E-state index in [1.165, 1.54) is 0 Å². The van der Waals surface area contributed by atoms with Crippen molar-refractivity contribution in [1.82, 2.24) is 4.90 Å². The number of likely N-dealkylation sites (tertiary alicyclic amines) is 1. The van der Waals surface area contributed by atoms with Crippen molar-refractivity contribution in [2.24, 2.45) is 5.41 Å². The van der Waals surface area contributed by atoms with Gasteiger partial charge in [-0.1, -0.05) is 45.0 Å². The van der Waals surface area contributed by atoms with Gasteiger partial charge >= 0.3 is 0 Å². The van der Waals surface area contributed by atoms with Crippen LogP contribution in [-0.4, -0.2) is 37.1 Å². The summed E-state index contributed by atoms with van der Waals surface area (Å²) in [5.74, 6) is 1.11. The Morgan fingerprint density at radius 3 is 2.42 bits per heavy atom. The largest absolute Gasteiger partial charge is 0.496 e. The van der Waals surface area contributed by atoms with Crippen LogP contribution in [0.5, 0.6) is 11.5 Å². The second kappa shape index (κ2) is 10.2. The van der Waals surface area contributed by atoms with Gasteiger partial charge in [0.25, 0.3) is 5.91 Å². The average Bonchev–Trinajstić information content (AvgIpc) is 2.81. The lowest BCUT2D eigenvalue weighted by Gasteiger charge is -2.32. The maximum atomic E-state index is 12.8. The number of benzene rings is 2.